The van der Waals surface area contributed by atoms with Crippen LogP contribution in [0.15, 0.2) is 66.9 Å². The van der Waals surface area contributed by atoms with Crippen molar-refractivity contribution >= 4 is 5.91 Å². The van der Waals surface area contributed by atoms with Crippen LogP contribution < -0.4 is 19.5 Å². The lowest BCUT2D eigenvalue weighted by atomic mass is 10.1. The van der Waals surface area contributed by atoms with Crippen molar-refractivity contribution in [3.8, 4) is 23.0 Å². The van der Waals surface area contributed by atoms with Crippen LogP contribution in [-0.2, 0) is 11.4 Å². The summed E-state index contributed by atoms with van der Waals surface area (Å²) in [5.74, 6) is 3.56. The van der Waals surface area contributed by atoms with Gasteiger partial charge in [-0.15, -0.1) is 0 Å². The fourth-order valence-electron chi connectivity index (χ4n) is 3.24. The van der Waals surface area contributed by atoms with Crippen LogP contribution in [0.3, 0.4) is 0 Å². The SMILES string of the molecule is CC(=O)NC(C)c1cccc(OCc2ccc(Oc3cccc(OCC4CC4)c3)cn2)c1. The molecule has 1 heterocycles. The molecule has 4 rings (SSSR count). The quantitative estimate of drug-likeness (QED) is 0.462. The Morgan fingerprint density at radius 3 is 2.47 bits per heavy atom. The first-order valence-corrected chi connectivity index (χ1v) is 10.9. The second-order valence-electron chi connectivity index (χ2n) is 8.10. The summed E-state index contributed by atoms with van der Waals surface area (Å²) >= 11 is 0. The number of aromatic nitrogens is 1. The van der Waals surface area contributed by atoms with Crippen LogP contribution in [-0.4, -0.2) is 17.5 Å². The molecule has 1 aliphatic carbocycles. The third kappa shape index (κ3) is 6.48. The lowest BCUT2D eigenvalue weighted by molar-refractivity contribution is -0.119. The van der Waals surface area contributed by atoms with Gasteiger partial charge in [0.1, 0.15) is 29.6 Å². The first-order chi connectivity index (χ1) is 15.5. The average molecular weight is 433 g/mol. The highest BCUT2D eigenvalue weighted by Gasteiger charge is 2.21. The zero-order valence-electron chi connectivity index (χ0n) is 18.4. The summed E-state index contributed by atoms with van der Waals surface area (Å²) in [6, 6.07) is 19.0. The van der Waals surface area contributed by atoms with Crippen molar-refractivity contribution < 1.29 is 19.0 Å². The number of hydrogen-bond acceptors (Lipinski definition) is 5. The minimum atomic E-state index is -0.0804. The van der Waals surface area contributed by atoms with Gasteiger partial charge in [-0.1, -0.05) is 18.2 Å². The standard InChI is InChI=1S/C26H28N2O4/c1-18(28-19(2)29)21-5-3-6-23(13-21)31-17-22-11-12-26(15-27-22)32-25-8-4-7-24(14-25)30-16-20-9-10-20/h3-8,11-15,18,20H,9-10,16-17H2,1-2H3,(H,28,29). The van der Waals surface area contributed by atoms with Crippen LogP contribution in [0.4, 0.5) is 0 Å². The summed E-state index contributed by atoms with van der Waals surface area (Å²) in [6.07, 6.45) is 4.21. The van der Waals surface area contributed by atoms with E-state index in [4.69, 9.17) is 14.2 Å². The van der Waals surface area contributed by atoms with Crippen molar-refractivity contribution in [2.24, 2.45) is 5.92 Å². The van der Waals surface area contributed by atoms with E-state index in [1.165, 1.54) is 19.8 Å². The Hall–Kier alpha value is -3.54. The lowest BCUT2D eigenvalue weighted by Crippen LogP contribution is -2.23. The minimum Gasteiger partial charge on any atom is -0.493 e. The summed E-state index contributed by atoms with van der Waals surface area (Å²) in [6.45, 7) is 4.56. The molecule has 1 aliphatic rings. The molecule has 0 spiro atoms. The lowest BCUT2D eigenvalue weighted by Gasteiger charge is -2.14. The van der Waals surface area contributed by atoms with Crippen molar-refractivity contribution in [2.75, 3.05) is 6.61 Å². The fraction of sp³-hybridized carbons (Fsp3) is 0.308. The van der Waals surface area contributed by atoms with Crippen LogP contribution >= 0.6 is 0 Å². The van der Waals surface area contributed by atoms with E-state index in [9.17, 15) is 4.79 Å². The number of rotatable bonds is 10. The Kier molecular flexibility index (Phi) is 6.90. The van der Waals surface area contributed by atoms with E-state index in [2.05, 4.69) is 10.3 Å². The number of nitrogens with zero attached hydrogens (tertiary/aromatic N) is 1. The van der Waals surface area contributed by atoms with E-state index in [1.807, 2.05) is 67.6 Å². The van der Waals surface area contributed by atoms with Gasteiger partial charge in [0.15, 0.2) is 0 Å². The van der Waals surface area contributed by atoms with Crippen molar-refractivity contribution in [3.63, 3.8) is 0 Å². The van der Waals surface area contributed by atoms with Gasteiger partial charge in [0.2, 0.25) is 5.91 Å². The van der Waals surface area contributed by atoms with Crippen molar-refractivity contribution in [2.45, 2.75) is 39.3 Å². The molecule has 1 N–H and O–H groups in total. The summed E-state index contributed by atoms with van der Waals surface area (Å²) in [5, 5.41) is 2.88. The van der Waals surface area contributed by atoms with E-state index in [0.717, 1.165) is 29.4 Å². The number of carbonyl (C=O) groups is 1. The molecule has 3 aromatic rings. The monoisotopic (exact) mass is 432 g/mol. The molecule has 6 heteroatoms. The molecule has 0 bridgehead atoms. The molecule has 1 aromatic heterocycles. The van der Waals surface area contributed by atoms with Gasteiger partial charge in [-0.25, -0.2) is 0 Å². The van der Waals surface area contributed by atoms with Crippen LogP contribution in [0.1, 0.15) is 44.0 Å². The third-order valence-corrected chi connectivity index (χ3v) is 5.19. The number of amides is 1. The highest BCUT2D eigenvalue weighted by atomic mass is 16.5. The molecule has 6 nitrogen and oxygen atoms in total. The summed E-state index contributed by atoms with van der Waals surface area (Å²) in [5.41, 5.74) is 1.77. The van der Waals surface area contributed by atoms with Gasteiger partial charge in [0.25, 0.3) is 0 Å². The third-order valence-electron chi connectivity index (χ3n) is 5.19. The first kappa shape index (κ1) is 21.7. The van der Waals surface area contributed by atoms with Crippen molar-refractivity contribution in [1.29, 1.82) is 0 Å². The molecule has 0 radical (unpaired) electrons. The molecule has 1 saturated carbocycles. The Bertz CT molecular complexity index is 1050. The Labute approximate surface area is 188 Å². The van der Waals surface area contributed by atoms with Gasteiger partial charge in [-0.05, 0) is 67.6 Å². The van der Waals surface area contributed by atoms with E-state index < -0.39 is 0 Å². The van der Waals surface area contributed by atoms with E-state index in [0.29, 0.717) is 24.0 Å². The van der Waals surface area contributed by atoms with Gasteiger partial charge >= 0.3 is 0 Å². The molecule has 1 unspecified atom stereocenters. The largest absolute Gasteiger partial charge is 0.493 e. The summed E-state index contributed by atoms with van der Waals surface area (Å²) in [4.78, 5) is 15.7. The van der Waals surface area contributed by atoms with Crippen LogP contribution in [0.25, 0.3) is 0 Å². The van der Waals surface area contributed by atoms with Gasteiger partial charge in [-0.2, -0.15) is 0 Å². The minimum absolute atomic E-state index is 0.0622. The number of ether oxygens (including phenoxy) is 3. The normalized spacial score (nSPS) is 13.8. The number of nitrogens with one attached hydrogen (secondary N) is 1. The molecular formula is C26H28N2O4. The molecule has 166 valence electrons. The molecule has 2 aromatic carbocycles. The van der Waals surface area contributed by atoms with Crippen LogP contribution in [0, 0.1) is 5.92 Å². The first-order valence-electron chi connectivity index (χ1n) is 10.9. The second kappa shape index (κ2) is 10.2. The average Bonchev–Trinajstić information content (AvgIpc) is 3.62. The fourth-order valence-corrected chi connectivity index (χ4v) is 3.24. The predicted octanol–water partition coefficient (Wildman–Crippen LogP) is 5.44. The van der Waals surface area contributed by atoms with Gasteiger partial charge in [-0.3, -0.25) is 9.78 Å². The Balaban J connectivity index is 1.30. The predicted molar refractivity (Wildman–Crippen MR) is 122 cm³/mol. The summed E-state index contributed by atoms with van der Waals surface area (Å²) in [7, 11) is 0. The molecule has 32 heavy (non-hydrogen) atoms. The molecule has 0 saturated heterocycles. The van der Waals surface area contributed by atoms with E-state index in [1.54, 1.807) is 6.20 Å². The molecule has 1 fully saturated rings. The highest BCUT2D eigenvalue weighted by Crippen LogP contribution is 2.31. The summed E-state index contributed by atoms with van der Waals surface area (Å²) < 4.78 is 17.6. The van der Waals surface area contributed by atoms with Gasteiger partial charge in [0, 0.05) is 13.0 Å². The Morgan fingerprint density at radius 2 is 1.75 bits per heavy atom. The van der Waals surface area contributed by atoms with Gasteiger partial charge < -0.3 is 19.5 Å². The van der Waals surface area contributed by atoms with E-state index >= 15 is 0 Å². The van der Waals surface area contributed by atoms with Crippen molar-refractivity contribution in [1.82, 2.24) is 10.3 Å². The number of benzene rings is 2. The topological polar surface area (TPSA) is 69.7 Å². The van der Waals surface area contributed by atoms with Crippen LogP contribution in [0.2, 0.25) is 0 Å². The molecule has 0 aliphatic heterocycles. The van der Waals surface area contributed by atoms with E-state index in [-0.39, 0.29) is 11.9 Å². The van der Waals surface area contributed by atoms with Crippen LogP contribution in [0.5, 0.6) is 23.0 Å². The zero-order chi connectivity index (χ0) is 22.3. The number of pyridine rings is 1. The highest BCUT2D eigenvalue weighted by molar-refractivity contribution is 5.73. The molecule has 1 amide bonds. The number of carbonyl (C=O) groups excluding carboxylic acids is 1. The maximum Gasteiger partial charge on any atom is 0.217 e. The Morgan fingerprint density at radius 1 is 1.00 bits per heavy atom. The smallest absolute Gasteiger partial charge is 0.217 e. The van der Waals surface area contributed by atoms with Crippen molar-refractivity contribution in [3.05, 3.63) is 78.1 Å². The number of hydrogen-bond donors (Lipinski definition) is 1. The maximum atomic E-state index is 11.3. The second-order valence-corrected chi connectivity index (χ2v) is 8.10. The molecule has 1 atom stereocenters. The zero-order valence-corrected chi connectivity index (χ0v) is 18.4. The maximum absolute atomic E-state index is 11.3. The molecular weight excluding hydrogens is 404 g/mol. The van der Waals surface area contributed by atoms with Gasteiger partial charge in [0.05, 0.1) is 24.5 Å².